The van der Waals surface area contributed by atoms with Gasteiger partial charge in [-0.05, 0) is 39.0 Å². The van der Waals surface area contributed by atoms with Crippen LogP contribution >= 0.6 is 0 Å². The lowest BCUT2D eigenvalue weighted by atomic mass is 10.0. The molecule has 1 aromatic heterocycles. The first-order valence-electron chi connectivity index (χ1n) is 10.0. The number of nitrogens with two attached hydrogens (primary N) is 1. The quantitative estimate of drug-likeness (QED) is 0.872. The highest BCUT2D eigenvalue weighted by molar-refractivity contribution is 5.99. The van der Waals surface area contributed by atoms with Crippen LogP contribution in [-0.2, 0) is 11.8 Å². The van der Waals surface area contributed by atoms with Crippen molar-refractivity contribution in [2.24, 2.45) is 7.05 Å². The van der Waals surface area contributed by atoms with Crippen LogP contribution in [0.1, 0.15) is 61.0 Å². The van der Waals surface area contributed by atoms with Crippen LogP contribution in [-0.4, -0.2) is 63.9 Å². The number of aryl methyl sites for hydroxylation is 2. The van der Waals surface area contributed by atoms with Gasteiger partial charge in [0.2, 0.25) is 0 Å². The fourth-order valence-electron chi connectivity index (χ4n) is 4.04. The van der Waals surface area contributed by atoms with E-state index in [1.54, 1.807) is 23.8 Å². The van der Waals surface area contributed by atoms with Crippen LogP contribution in [0, 0.1) is 6.92 Å². The van der Waals surface area contributed by atoms with E-state index in [0.29, 0.717) is 23.6 Å². The molecule has 2 aliphatic heterocycles. The molecule has 150 valence electrons. The second-order valence-corrected chi connectivity index (χ2v) is 7.60. The molecule has 3 rings (SSSR count). The molecule has 2 saturated heterocycles. The Kier molecular flexibility index (Phi) is 6.23. The van der Waals surface area contributed by atoms with Crippen LogP contribution in [0.4, 0.5) is 10.6 Å². The molecule has 0 bridgehead atoms. The minimum atomic E-state index is -0.257. The zero-order valence-corrected chi connectivity index (χ0v) is 16.4. The Balaban J connectivity index is 1.64. The third-order valence-corrected chi connectivity index (χ3v) is 5.63. The number of aromatic nitrogens is 2. The van der Waals surface area contributed by atoms with E-state index in [1.165, 1.54) is 17.5 Å². The fraction of sp³-hybridized carbons (Fsp3) is 0.737. The number of carbonyl (C=O) groups is 2. The molecular formula is C19H31N5O3. The van der Waals surface area contributed by atoms with Crippen LogP contribution in [0.25, 0.3) is 0 Å². The first-order chi connectivity index (χ1) is 13.0. The standard InChI is InChI=1S/C19H31N5O3/c1-14-16(17(20)22(2)21-14)18(25)24-12-8-5-9-15(24)13-27-19(26)23-10-6-3-4-7-11-23/h15H,3-13,20H2,1-2H3. The van der Waals surface area contributed by atoms with Crippen molar-refractivity contribution in [3.05, 3.63) is 11.3 Å². The summed E-state index contributed by atoms with van der Waals surface area (Å²) < 4.78 is 7.13. The minimum absolute atomic E-state index is 0.110. The van der Waals surface area contributed by atoms with Gasteiger partial charge in [-0.2, -0.15) is 5.10 Å². The molecule has 2 fully saturated rings. The molecule has 1 atom stereocenters. The Morgan fingerprint density at radius 2 is 1.78 bits per heavy atom. The smallest absolute Gasteiger partial charge is 0.409 e. The van der Waals surface area contributed by atoms with E-state index in [9.17, 15) is 9.59 Å². The Morgan fingerprint density at radius 3 is 2.41 bits per heavy atom. The third kappa shape index (κ3) is 4.36. The fourth-order valence-corrected chi connectivity index (χ4v) is 4.04. The van der Waals surface area contributed by atoms with Crippen LogP contribution in [0.5, 0.6) is 0 Å². The van der Waals surface area contributed by atoms with Gasteiger partial charge in [-0.25, -0.2) is 4.79 Å². The minimum Gasteiger partial charge on any atom is -0.447 e. The largest absolute Gasteiger partial charge is 0.447 e. The van der Waals surface area contributed by atoms with Gasteiger partial charge >= 0.3 is 6.09 Å². The van der Waals surface area contributed by atoms with Crippen LogP contribution in [0.15, 0.2) is 0 Å². The molecule has 1 unspecified atom stereocenters. The normalized spacial score (nSPS) is 21.0. The third-order valence-electron chi connectivity index (χ3n) is 5.63. The summed E-state index contributed by atoms with van der Waals surface area (Å²) in [5.41, 5.74) is 7.14. The first kappa shape index (κ1) is 19.5. The van der Waals surface area contributed by atoms with Crippen molar-refractivity contribution in [1.82, 2.24) is 19.6 Å². The van der Waals surface area contributed by atoms with Gasteiger partial charge in [-0.1, -0.05) is 12.8 Å². The van der Waals surface area contributed by atoms with Gasteiger partial charge in [-0.15, -0.1) is 0 Å². The Morgan fingerprint density at radius 1 is 1.11 bits per heavy atom. The Labute approximate surface area is 160 Å². The summed E-state index contributed by atoms with van der Waals surface area (Å²) in [5, 5.41) is 4.25. The predicted molar refractivity (Wildman–Crippen MR) is 102 cm³/mol. The first-order valence-corrected chi connectivity index (χ1v) is 10.0. The Bertz CT molecular complexity index is 679. The average Bonchev–Trinajstić information content (AvgIpc) is 2.87. The van der Waals surface area contributed by atoms with Crippen LogP contribution in [0.2, 0.25) is 0 Å². The van der Waals surface area contributed by atoms with Crippen molar-refractivity contribution < 1.29 is 14.3 Å². The predicted octanol–water partition coefficient (Wildman–Crippen LogP) is 2.32. The molecule has 0 saturated carbocycles. The van der Waals surface area contributed by atoms with Gasteiger partial charge in [0.25, 0.3) is 5.91 Å². The SMILES string of the molecule is Cc1nn(C)c(N)c1C(=O)N1CCCCC1COC(=O)N1CCCCCC1. The number of hydrogen-bond acceptors (Lipinski definition) is 5. The number of ether oxygens (including phenoxy) is 1. The van der Waals surface area contributed by atoms with Gasteiger partial charge in [0, 0.05) is 26.7 Å². The zero-order chi connectivity index (χ0) is 19.4. The van der Waals surface area contributed by atoms with E-state index in [0.717, 1.165) is 45.2 Å². The number of piperidine rings is 1. The van der Waals surface area contributed by atoms with E-state index < -0.39 is 0 Å². The summed E-state index contributed by atoms with van der Waals surface area (Å²) in [7, 11) is 1.73. The topological polar surface area (TPSA) is 93.7 Å². The second kappa shape index (κ2) is 8.63. The van der Waals surface area contributed by atoms with Gasteiger partial charge in [0.1, 0.15) is 18.0 Å². The monoisotopic (exact) mass is 377 g/mol. The molecule has 0 aromatic carbocycles. The molecule has 2 amide bonds. The summed E-state index contributed by atoms with van der Waals surface area (Å²) in [5.74, 6) is 0.261. The van der Waals surface area contributed by atoms with Crippen molar-refractivity contribution in [1.29, 1.82) is 0 Å². The number of anilines is 1. The molecule has 8 heteroatoms. The van der Waals surface area contributed by atoms with E-state index >= 15 is 0 Å². The maximum Gasteiger partial charge on any atom is 0.409 e. The highest BCUT2D eigenvalue weighted by Gasteiger charge is 2.32. The van der Waals surface area contributed by atoms with E-state index in [1.807, 2.05) is 0 Å². The molecule has 8 nitrogen and oxygen atoms in total. The molecule has 27 heavy (non-hydrogen) atoms. The highest BCUT2D eigenvalue weighted by Crippen LogP contribution is 2.24. The highest BCUT2D eigenvalue weighted by atomic mass is 16.6. The summed E-state index contributed by atoms with van der Waals surface area (Å²) in [6, 6.07) is -0.110. The van der Waals surface area contributed by atoms with Crippen molar-refractivity contribution in [3.8, 4) is 0 Å². The lowest BCUT2D eigenvalue weighted by Crippen LogP contribution is -2.47. The van der Waals surface area contributed by atoms with E-state index in [2.05, 4.69) is 5.10 Å². The van der Waals surface area contributed by atoms with Crippen molar-refractivity contribution in [3.63, 3.8) is 0 Å². The molecular weight excluding hydrogens is 346 g/mol. The van der Waals surface area contributed by atoms with Crippen molar-refractivity contribution in [2.75, 3.05) is 32.0 Å². The van der Waals surface area contributed by atoms with Gasteiger partial charge in [0.15, 0.2) is 0 Å². The number of nitrogen functional groups attached to an aromatic ring is 1. The summed E-state index contributed by atoms with van der Waals surface area (Å²) in [4.78, 5) is 29.1. The molecule has 0 spiro atoms. The molecule has 2 N–H and O–H groups in total. The van der Waals surface area contributed by atoms with Gasteiger partial charge < -0.3 is 20.3 Å². The molecule has 2 aliphatic rings. The second-order valence-electron chi connectivity index (χ2n) is 7.60. The van der Waals surface area contributed by atoms with E-state index in [4.69, 9.17) is 10.5 Å². The maximum atomic E-state index is 13.1. The number of likely N-dealkylation sites (tertiary alicyclic amines) is 2. The van der Waals surface area contributed by atoms with Crippen LogP contribution < -0.4 is 5.73 Å². The summed E-state index contributed by atoms with van der Waals surface area (Å²) in [6.07, 6.45) is 6.94. The molecule has 1 aromatic rings. The number of carbonyl (C=O) groups excluding carboxylic acids is 2. The van der Waals surface area contributed by atoms with Crippen molar-refractivity contribution in [2.45, 2.75) is 57.9 Å². The zero-order valence-electron chi connectivity index (χ0n) is 16.4. The molecule has 0 radical (unpaired) electrons. The lowest BCUT2D eigenvalue weighted by molar-refractivity contribution is 0.0379. The molecule has 3 heterocycles. The summed E-state index contributed by atoms with van der Waals surface area (Å²) >= 11 is 0. The number of nitrogens with zero attached hydrogens (tertiary/aromatic N) is 4. The average molecular weight is 377 g/mol. The summed E-state index contributed by atoms with van der Waals surface area (Å²) in [6.45, 7) is 4.20. The van der Waals surface area contributed by atoms with E-state index in [-0.39, 0.29) is 24.6 Å². The molecule has 0 aliphatic carbocycles. The van der Waals surface area contributed by atoms with Crippen molar-refractivity contribution >= 4 is 17.8 Å². The Hall–Kier alpha value is -2.25. The number of hydrogen-bond donors (Lipinski definition) is 1. The van der Waals surface area contributed by atoms with Crippen LogP contribution in [0.3, 0.4) is 0 Å². The number of rotatable bonds is 3. The van der Waals surface area contributed by atoms with Gasteiger partial charge in [-0.3, -0.25) is 9.48 Å². The van der Waals surface area contributed by atoms with Gasteiger partial charge in [0.05, 0.1) is 11.7 Å². The number of amides is 2. The lowest BCUT2D eigenvalue weighted by Gasteiger charge is -2.35. The maximum absolute atomic E-state index is 13.1.